The van der Waals surface area contributed by atoms with Crippen molar-refractivity contribution in [1.82, 2.24) is 15.1 Å². The van der Waals surface area contributed by atoms with Crippen LogP contribution in [0.25, 0.3) is 0 Å². The number of carbonyl (C=O) groups is 3. The average Bonchev–Trinajstić information content (AvgIpc) is 3.44. The van der Waals surface area contributed by atoms with Gasteiger partial charge < -0.3 is 24.8 Å². The minimum Gasteiger partial charge on any atom is -0.368 e. The fourth-order valence-corrected chi connectivity index (χ4v) is 5.98. The van der Waals surface area contributed by atoms with Crippen LogP contribution in [0.15, 0.2) is 24.3 Å². The quantitative estimate of drug-likeness (QED) is 0.564. The van der Waals surface area contributed by atoms with Crippen molar-refractivity contribution < 1.29 is 19.1 Å². The summed E-state index contributed by atoms with van der Waals surface area (Å²) in [5.74, 6) is -0.0700. The number of rotatable bonds is 9. The van der Waals surface area contributed by atoms with Gasteiger partial charge in [0.15, 0.2) is 5.78 Å². The molecule has 0 radical (unpaired) electrons. The summed E-state index contributed by atoms with van der Waals surface area (Å²) in [7, 11) is 0. The summed E-state index contributed by atoms with van der Waals surface area (Å²) in [4.78, 5) is 46.4. The molecule has 1 aromatic rings. The number of benzene rings is 1. The topological polar surface area (TPSA) is 82.2 Å². The molecule has 2 amide bonds. The zero-order chi connectivity index (χ0) is 25.8. The Morgan fingerprint density at radius 2 is 1.83 bits per heavy atom. The highest BCUT2D eigenvalue weighted by Gasteiger charge is 2.52. The molecule has 0 bridgehead atoms. The lowest BCUT2D eigenvalue weighted by Crippen LogP contribution is -2.53. The Morgan fingerprint density at radius 1 is 1.11 bits per heavy atom. The fraction of sp³-hybridized carbons (Fsp3) is 0.679. The van der Waals surface area contributed by atoms with Crippen molar-refractivity contribution in [3.8, 4) is 0 Å². The van der Waals surface area contributed by atoms with Gasteiger partial charge in [0, 0.05) is 44.3 Å². The first kappa shape index (κ1) is 26.6. The Bertz CT molecular complexity index is 943. The van der Waals surface area contributed by atoms with Gasteiger partial charge in [-0.2, -0.15) is 0 Å². The highest BCUT2D eigenvalue weighted by Crippen LogP contribution is 2.35. The summed E-state index contributed by atoms with van der Waals surface area (Å²) in [6.45, 7) is 13.6. The van der Waals surface area contributed by atoms with Gasteiger partial charge in [-0.15, -0.1) is 0 Å². The molecule has 0 aliphatic carbocycles. The first-order valence-electron chi connectivity index (χ1n) is 13.7. The van der Waals surface area contributed by atoms with E-state index in [1.165, 1.54) is 0 Å². The Hall–Kier alpha value is -2.45. The minimum absolute atomic E-state index is 0.0295. The number of hydrogen-bond donors (Lipinski definition) is 1. The lowest BCUT2D eigenvalue weighted by Gasteiger charge is -2.36. The van der Waals surface area contributed by atoms with E-state index in [0.717, 1.165) is 51.3 Å². The van der Waals surface area contributed by atoms with Gasteiger partial charge in [0.05, 0.1) is 11.7 Å². The lowest BCUT2D eigenvalue weighted by atomic mass is 9.97. The molecule has 198 valence electrons. The van der Waals surface area contributed by atoms with Gasteiger partial charge in [-0.3, -0.25) is 14.4 Å². The second-order valence-corrected chi connectivity index (χ2v) is 10.8. The Kier molecular flexibility index (Phi) is 8.67. The Morgan fingerprint density at radius 3 is 2.50 bits per heavy atom. The maximum absolute atomic E-state index is 13.8. The summed E-state index contributed by atoms with van der Waals surface area (Å²) in [5, 5.41) is 3.06. The van der Waals surface area contributed by atoms with Crippen molar-refractivity contribution in [3.63, 3.8) is 0 Å². The van der Waals surface area contributed by atoms with Gasteiger partial charge >= 0.3 is 0 Å². The van der Waals surface area contributed by atoms with Crippen LogP contribution in [0.1, 0.15) is 57.3 Å². The predicted molar refractivity (Wildman–Crippen MR) is 140 cm³/mol. The van der Waals surface area contributed by atoms with Crippen LogP contribution in [0.5, 0.6) is 0 Å². The Balaban J connectivity index is 1.52. The van der Waals surface area contributed by atoms with E-state index < -0.39 is 12.1 Å². The summed E-state index contributed by atoms with van der Waals surface area (Å²) in [6.07, 6.45) is 2.18. The van der Waals surface area contributed by atoms with Gasteiger partial charge in [-0.05, 0) is 37.4 Å². The van der Waals surface area contributed by atoms with E-state index in [1.54, 1.807) is 4.90 Å². The molecule has 3 aliphatic rings. The average molecular weight is 499 g/mol. The summed E-state index contributed by atoms with van der Waals surface area (Å²) >= 11 is 0. The SMILES string of the molecule is CCC[C@H]1CN(C(=O)[C@H](CC(C)C)NC(=O)c2ccccc2N2CCN(CC)CC2)[C@@H]2C(=O)CO[C@H]12. The second-order valence-electron chi connectivity index (χ2n) is 10.8. The number of Topliss-reactive ketones (excluding diaryl/α,β-unsaturated/α-hetero) is 1. The number of ether oxygens (including phenoxy) is 1. The smallest absolute Gasteiger partial charge is 0.254 e. The third kappa shape index (κ3) is 5.59. The van der Waals surface area contributed by atoms with Crippen LogP contribution >= 0.6 is 0 Å². The highest BCUT2D eigenvalue weighted by atomic mass is 16.5. The number of nitrogens with one attached hydrogen (secondary N) is 1. The molecular weight excluding hydrogens is 456 g/mol. The zero-order valence-corrected chi connectivity index (χ0v) is 22.2. The number of carbonyl (C=O) groups excluding carboxylic acids is 3. The van der Waals surface area contributed by atoms with E-state index in [0.29, 0.717) is 18.5 Å². The molecule has 1 aromatic carbocycles. The lowest BCUT2D eigenvalue weighted by molar-refractivity contribution is -0.138. The van der Waals surface area contributed by atoms with Gasteiger partial charge in [-0.1, -0.05) is 46.2 Å². The summed E-state index contributed by atoms with van der Waals surface area (Å²) in [6, 6.07) is 6.45. The van der Waals surface area contributed by atoms with Crippen molar-refractivity contribution in [2.24, 2.45) is 11.8 Å². The molecule has 8 nitrogen and oxygen atoms in total. The van der Waals surface area contributed by atoms with Crippen LogP contribution in [0.3, 0.4) is 0 Å². The molecule has 36 heavy (non-hydrogen) atoms. The van der Waals surface area contributed by atoms with Crippen molar-refractivity contribution in [1.29, 1.82) is 0 Å². The number of hydrogen-bond acceptors (Lipinski definition) is 6. The number of ketones is 1. The zero-order valence-electron chi connectivity index (χ0n) is 22.2. The monoisotopic (exact) mass is 498 g/mol. The molecule has 0 saturated carbocycles. The molecule has 3 heterocycles. The van der Waals surface area contributed by atoms with E-state index in [4.69, 9.17) is 4.74 Å². The maximum atomic E-state index is 13.8. The number of amides is 2. The summed E-state index contributed by atoms with van der Waals surface area (Å²) < 4.78 is 5.80. The number of para-hydroxylation sites is 1. The largest absolute Gasteiger partial charge is 0.368 e. The van der Waals surface area contributed by atoms with Crippen LogP contribution in [0, 0.1) is 11.8 Å². The van der Waals surface area contributed by atoms with Crippen molar-refractivity contribution in [2.75, 3.05) is 50.8 Å². The fourth-order valence-electron chi connectivity index (χ4n) is 5.98. The molecular formula is C28H42N4O4. The molecule has 3 fully saturated rings. The number of anilines is 1. The van der Waals surface area contributed by atoms with Crippen LogP contribution in [-0.2, 0) is 14.3 Å². The molecule has 4 rings (SSSR count). The number of piperazine rings is 1. The molecule has 4 atom stereocenters. The number of likely N-dealkylation sites (N-methyl/N-ethyl adjacent to an activating group) is 1. The molecule has 0 spiro atoms. The van der Waals surface area contributed by atoms with Crippen molar-refractivity contribution in [3.05, 3.63) is 29.8 Å². The van der Waals surface area contributed by atoms with Crippen LogP contribution in [-0.4, -0.2) is 91.5 Å². The molecule has 0 aromatic heterocycles. The van der Waals surface area contributed by atoms with E-state index in [9.17, 15) is 14.4 Å². The summed E-state index contributed by atoms with van der Waals surface area (Å²) in [5.41, 5.74) is 1.50. The van der Waals surface area contributed by atoms with E-state index in [-0.39, 0.29) is 42.1 Å². The Labute approximate surface area is 215 Å². The molecule has 8 heteroatoms. The third-order valence-corrected chi connectivity index (χ3v) is 7.85. The van der Waals surface area contributed by atoms with E-state index in [2.05, 4.69) is 29.0 Å². The predicted octanol–water partition coefficient (Wildman–Crippen LogP) is 2.57. The first-order valence-corrected chi connectivity index (χ1v) is 13.7. The van der Waals surface area contributed by atoms with Gasteiger partial charge in [0.25, 0.3) is 5.91 Å². The number of likely N-dealkylation sites (tertiary alicyclic amines) is 1. The van der Waals surface area contributed by atoms with Crippen LogP contribution in [0.4, 0.5) is 5.69 Å². The van der Waals surface area contributed by atoms with Crippen LogP contribution in [0.2, 0.25) is 0 Å². The minimum atomic E-state index is -0.683. The molecule has 3 aliphatic heterocycles. The molecule has 0 unspecified atom stereocenters. The van der Waals surface area contributed by atoms with Crippen molar-refractivity contribution in [2.45, 2.75) is 65.1 Å². The van der Waals surface area contributed by atoms with Gasteiger partial charge in [-0.25, -0.2) is 0 Å². The van der Waals surface area contributed by atoms with Gasteiger partial charge in [0.2, 0.25) is 5.91 Å². The van der Waals surface area contributed by atoms with Crippen molar-refractivity contribution >= 4 is 23.3 Å². The molecule has 1 N–H and O–H groups in total. The highest BCUT2D eigenvalue weighted by molar-refractivity contribution is 6.02. The molecule has 3 saturated heterocycles. The number of fused-ring (bicyclic) bond motifs is 1. The normalized spacial score (nSPS) is 25.4. The van der Waals surface area contributed by atoms with E-state index in [1.807, 2.05) is 38.1 Å². The standard InChI is InChI=1S/C28H42N4O4/c1-5-9-20-17-32(25-24(33)18-36-26(20)25)28(35)22(16-19(3)4)29-27(34)21-10-7-8-11-23(21)31-14-12-30(6-2)13-15-31/h7-8,10-11,19-20,22,25-26H,5-6,9,12-18H2,1-4H3,(H,29,34)/t20-,22-,25+,26+/m0/s1. The second kappa shape index (κ2) is 11.7. The number of nitrogens with zero attached hydrogens (tertiary/aromatic N) is 3. The third-order valence-electron chi connectivity index (χ3n) is 7.85. The first-order chi connectivity index (χ1) is 17.3. The maximum Gasteiger partial charge on any atom is 0.254 e. The van der Waals surface area contributed by atoms with Gasteiger partial charge in [0.1, 0.15) is 18.7 Å². The van der Waals surface area contributed by atoms with Crippen LogP contribution < -0.4 is 10.2 Å². The van der Waals surface area contributed by atoms with E-state index >= 15 is 0 Å².